The van der Waals surface area contributed by atoms with E-state index in [9.17, 15) is 8.42 Å². The highest BCUT2D eigenvalue weighted by atomic mass is 32.2. The van der Waals surface area contributed by atoms with E-state index in [1.807, 2.05) is 0 Å². The van der Waals surface area contributed by atoms with Crippen molar-refractivity contribution in [3.05, 3.63) is 0 Å². The van der Waals surface area contributed by atoms with Crippen LogP contribution in [-0.2, 0) is 10.0 Å². The Labute approximate surface area is 110 Å². The molecule has 3 N–H and O–H groups in total. The van der Waals surface area contributed by atoms with Crippen LogP contribution in [0.1, 0.15) is 32.6 Å². The maximum Gasteiger partial charge on any atom is 0.209 e. The Balaban J connectivity index is 1.94. The van der Waals surface area contributed by atoms with Crippen LogP contribution in [-0.4, -0.2) is 50.8 Å². The zero-order valence-electron chi connectivity index (χ0n) is 11.1. The van der Waals surface area contributed by atoms with E-state index < -0.39 is 10.0 Å². The number of primary sulfonamides is 1. The summed E-state index contributed by atoms with van der Waals surface area (Å²) in [5.41, 5.74) is 0. The summed E-state index contributed by atoms with van der Waals surface area (Å²) in [7, 11) is -3.32. The second-order valence-electron chi connectivity index (χ2n) is 5.73. The highest BCUT2D eigenvalue weighted by Crippen LogP contribution is 2.28. The molecule has 0 aromatic heterocycles. The van der Waals surface area contributed by atoms with E-state index in [4.69, 9.17) is 5.14 Å². The van der Waals surface area contributed by atoms with Crippen molar-refractivity contribution in [3.63, 3.8) is 0 Å². The van der Waals surface area contributed by atoms with E-state index in [2.05, 4.69) is 17.1 Å². The molecule has 0 spiro atoms. The van der Waals surface area contributed by atoms with E-state index in [0.717, 1.165) is 26.1 Å². The fourth-order valence-electron chi connectivity index (χ4n) is 3.40. The highest BCUT2D eigenvalue weighted by molar-refractivity contribution is 7.89. The molecule has 2 rings (SSSR count). The minimum Gasteiger partial charge on any atom is -0.316 e. The van der Waals surface area contributed by atoms with Crippen molar-refractivity contribution in [2.45, 2.75) is 44.7 Å². The van der Waals surface area contributed by atoms with Crippen LogP contribution >= 0.6 is 0 Å². The maximum absolute atomic E-state index is 11.1. The molecule has 0 amide bonds. The first kappa shape index (κ1) is 14.2. The number of sulfonamides is 1. The summed E-state index contributed by atoms with van der Waals surface area (Å²) in [6.07, 6.45) is 4.17. The average molecular weight is 275 g/mol. The Hall–Kier alpha value is -0.170. The fraction of sp³-hybridized carbons (Fsp3) is 1.00. The van der Waals surface area contributed by atoms with E-state index in [1.165, 1.54) is 12.8 Å². The van der Waals surface area contributed by atoms with Gasteiger partial charge in [-0.2, -0.15) is 0 Å². The molecule has 2 aliphatic rings. The van der Waals surface area contributed by atoms with Crippen LogP contribution in [0.15, 0.2) is 0 Å². The summed E-state index contributed by atoms with van der Waals surface area (Å²) < 4.78 is 22.2. The van der Waals surface area contributed by atoms with Crippen LogP contribution in [0.3, 0.4) is 0 Å². The van der Waals surface area contributed by atoms with Crippen LogP contribution in [0.4, 0.5) is 0 Å². The van der Waals surface area contributed by atoms with Gasteiger partial charge in [0.15, 0.2) is 0 Å². The van der Waals surface area contributed by atoms with E-state index >= 15 is 0 Å². The number of nitrogens with two attached hydrogens (primary N) is 1. The van der Waals surface area contributed by atoms with Gasteiger partial charge in [-0.05, 0) is 51.2 Å². The van der Waals surface area contributed by atoms with Gasteiger partial charge in [0, 0.05) is 12.1 Å². The zero-order chi connectivity index (χ0) is 13.2. The minimum atomic E-state index is -3.32. The molecule has 106 valence electrons. The second-order valence-corrected chi connectivity index (χ2v) is 7.46. The molecule has 2 aliphatic heterocycles. The molecule has 3 atom stereocenters. The lowest BCUT2D eigenvalue weighted by Crippen LogP contribution is -2.50. The van der Waals surface area contributed by atoms with Crippen molar-refractivity contribution in [3.8, 4) is 0 Å². The maximum atomic E-state index is 11.1. The van der Waals surface area contributed by atoms with Crippen molar-refractivity contribution in [2.24, 2.45) is 11.1 Å². The molecule has 2 heterocycles. The first-order valence-electron chi connectivity index (χ1n) is 6.94. The van der Waals surface area contributed by atoms with Gasteiger partial charge in [-0.25, -0.2) is 13.6 Å². The number of nitrogens with zero attached hydrogens (tertiary/aromatic N) is 1. The number of piperidine rings is 1. The number of rotatable bonds is 4. The molecule has 0 aliphatic carbocycles. The Morgan fingerprint density at radius 3 is 2.83 bits per heavy atom. The monoisotopic (exact) mass is 275 g/mol. The number of hydrogen-bond donors (Lipinski definition) is 2. The lowest BCUT2D eigenvalue weighted by molar-refractivity contribution is 0.106. The van der Waals surface area contributed by atoms with Gasteiger partial charge in [0.05, 0.1) is 5.75 Å². The Morgan fingerprint density at radius 1 is 1.39 bits per heavy atom. The predicted molar refractivity (Wildman–Crippen MR) is 72.8 cm³/mol. The van der Waals surface area contributed by atoms with Gasteiger partial charge in [0.1, 0.15) is 0 Å². The van der Waals surface area contributed by atoms with Gasteiger partial charge >= 0.3 is 0 Å². The second kappa shape index (κ2) is 5.86. The largest absolute Gasteiger partial charge is 0.316 e. The summed E-state index contributed by atoms with van der Waals surface area (Å²) in [4.78, 5) is 2.54. The number of nitrogens with one attached hydrogen (secondary N) is 1. The molecule has 2 fully saturated rings. The third kappa shape index (κ3) is 3.66. The average Bonchev–Trinajstić information content (AvgIpc) is 2.74. The standard InChI is InChI=1S/C12H25N3O2S/c1-10-9-14-6-4-12(10)15-7-2-3-11(15)5-8-18(13,16)17/h10-12,14H,2-9H2,1H3,(H2,13,16,17)/t10?,11-,12?/m0/s1. The van der Waals surface area contributed by atoms with Crippen molar-refractivity contribution >= 4 is 10.0 Å². The summed E-state index contributed by atoms with van der Waals surface area (Å²) in [5, 5.41) is 8.52. The molecule has 0 bridgehead atoms. The van der Waals surface area contributed by atoms with Crippen molar-refractivity contribution < 1.29 is 8.42 Å². The van der Waals surface area contributed by atoms with Gasteiger partial charge < -0.3 is 5.32 Å². The fourth-order valence-corrected chi connectivity index (χ4v) is 4.00. The van der Waals surface area contributed by atoms with E-state index in [0.29, 0.717) is 24.4 Å². The summed E-state index contributed by atoms with van der Waals surface area (Å²) in [5.74, 6) is 0.766. The Morgan fingerprint density at radius 2 is 2.17 bits per heavy atom. The molecule has 2 unspecified atom stereocenters. The summed E-state index contributed by atoms with van der Waals surface area (Å²) in [6.45, 7) is 5.55. The number of likely N-dealkylation sites (tertiary alicyclic amines) is 1. The predicted octanol–water partition coefficient (Wildman–Crippen LogP) is 0.127. The van der Waals surface area contributed by atoms with Crippen LogP contribution in [0.2, 0.25) is 0 Å². The first-order chi connectivity index (χ1) is 8.47. The summed E-state index contributed by atoms with van der Waals surface area (Å²) in [6, 6.07) is 1.02. The smallest absolute Gasteiger partial charge is 0.209 e. The van der Waals surface area contributed by atoms with Gasteiger partial charge in [0.25, 0.3) is 0 Å². The lowest BCUT2D eigenvalue weighted by Gasteiger charge is -2.40. The molecule has 0 saturated carbocycles. The summed E-state index contributed by atoms with van der Waals surface area (Å²) >= 11 is 0. The molecular formula is C12H25N3O2S. The van der Waals surface area contributed by atoms with Crippen LogP contribution in [0, 0.1) is 5.92 Å². The topological polar surface area (TPSA) is 75.4 Å². The van der Waals surface area contributed by atoms with Crippen molar-refractivity contribution in [2.75, 3.05) is 25.4 Å². The molecule has 5 nitrogen and oxygen atoms in total. The quantitative estimate of drug-likeness (QED) is 0.764. The molecule has 2 saturated heterocycles. The molecular weight excluding hydrogens is 250 g/mol. The molecule has 0 aromatic carbocycles. The van der Waals surface area contributed by atoms with Crippen LogP contribution < -0.4 is 10.5 Å². The third-order valence-electron chi connectivity index (χ3n) is 4.32. The number of hydrogen-bond acceptors (Lipinski definition) is 4. The van der Waals surface area contributed by atoms with Crippen LogP contribution in [0.25, 0.3) is 0 Å². The molecule has 18 heavy (non-hydrogen) atoms. The SMILES string of the molecule is CC1CNCCC1N1CCC[C@H]1CCS(N)(=O)=O. The van der Waals surface area contributed by atoms with Gasteiger partial charge in [0.2, 0.25) is 10.0 Å². The molecule has 6 heteroatoms. The molecule has 0 aromatic rings. The van der Waals surface area contributed by atoms with E-state index in [-0.39, 0.29) is 5.75 Å². The first-order valence-corrected chi connectivity index (χ1v) is 8.66. The van der Waals surface area contributed by atoms with Crippen molar-refractivity contribution in [1.82, 2.24) is 10.2 Å². The lowest BCUT2D eigenvalue weighted by atomic mass is 9.93. The van der Waals surface area contributed by atoms with E-state index in [1.54, 1.807) is 0 Å². The normalized spacial score (nSPS) is 34.9. The van der Waals surface area contributed by atoms with Gasteiger partial charge in [-0.15, -0.1) is 0 Å². The Kier molecular flexibility index (Phi) is 4.64. The minimum absolute atomic E-state index is 0.119. The van der Waals surface area contributed by atoms with Crippen LogP contribution in [0.5, 0.6) is 0 Å². The van der Waals surface area contributed by atoms with Crippen molar-refractivity contribution in [1.29, 1.82) is 0 Å². The zero-order valence-corrected chi connectivity index (χ0v) is 12.0. The van der Waals surface area contributed by atoms with Gasteiger partial charge in [-0.1, -0.05) is 6.92 Å². The Bertz CT molecular complexity index is 372. The highest BCUT2D eigenvalue weighted by Gasteiger charge is 2.34. The third-order valence-corrected chi connectivity index (χ3v) is 5.13. The van der Waals surface area contributed by atoms with Gasteiger partial charge in [-0.3, -0.25) is 4.90 Å². The molecule has 0 radical (unpaired) electrons.